The third-order valence-corrected chi connectivity index (χ3v) is 3.54. The second-order valence-electron chi connectivity index (χ2n) is 6.56. The first-order valence-corrected chi connectivity index (χ1v) is 6.87. The summed E-state index contributed by atoms with van der Waals surface area (Å²) in [6.07, 6.45) is 3.67. The second kappa shape index (κ2) is 6.17. The molecule has 0 aliphatic carbocycles. The zero-order valence-corrected chi connectivity index (χ0v) is 12.3. The summed E-state index contributed by atoms with van der Waals surface area (Å²) in [4.78, 5) is 2.54. The topological polar surface area (TPSA) is 24.5 Å². The van der Waals surface area contributed by atoms with Crippen molar-refractivity contribution in [3.05, 3.63) is 0 Å². The van der Waals surface area contributed by atoms with Crippen LogP contribution in [0.1, 0.15) is 47.0 Å². The first kappa shape index (κ1) is 14.9. The molecule has 3 heteroatoms. The molecule has 0 bridgehead atoms. The van der Waals surface area contributed by atoms with Crippen LogP contribution in [0.3, 0.4) is 0 Å². The van der Waals surface area contributed by atoms with Gasteiger partial charge in [0.2, 0.25) is 0 Å². The standard InChI is InChI=1S/C14H30N2O/c1-13(2,3)15-9-7-11-16-10-6-8-14(4,12-16)17-5/h15H,6-12H2,1-5H3. The van der Waals surface area contributed by atoms with Crippen LogP contribution < -0.4 is 5.32 Å². The van der Waals surface area contributed by atoms with Gasteiger partial charge in [-0.15, -0.1) is 0 Å². The highest BCUT2D eigenvalue weighted by molar-refractivity contribution is 4.84. The highest BCUT2D eigenvalue weighted by atomic mass is 16.5. The van der Waals surface area contributed by atoms with Crippen LogP contribution >= 0.6 is 0 Å². The molecule has 0 spiro atoms. The fraction of sp³-hybridized carbons (Fsp3) is 1.00. The van der Waals surface area contributed by atoms with Gasteiger partial charge in [-0.3, -0.25) is 0 Å². The SMILES string of the molecule is COC1(C)CCCN(CCCNC(C)(C)C)C1. The molecule has 0 aromatic rings. The Morgan fingerprint density at radius 3 is 2.65 bits per heavy atom. The first-order chi connectivity index (χ1) is 7.85. The van der Waals surface area contributed by atoms with E-state index >= 15 is 0 Å². The summed E-state index contributed by atoms with van der Waals surface area (Å²) in [6, 6.07) is 0. The molecule has 3 nitrogen and oxygen atoms in total. The molecule has 1 N–H and O–H groups in total. The van der Waals surface area contributed by atoms with E-state index < -0.39 is 0 Å². The smallest absolute Gasteiger partial charge is 0.0777 e. The Morgan fingerprint density at radius 2 is 2.06 bits per heavy atom. The molecule has 1 aliphatic rings. The number of hydrogen-bond donors (Lipinski definition) is 1. The molecule has 0 aromatic heterocycles. The average molecular weight is 242 g/mol. The Morgan fingerprint density at radius 1 is 1.35 bits per heavy atom. The number of methoxy groups -OCH3 is 1. The molecule has 1 rings (SSSR count). The maximum absolute atomic E-state index is 5.61. The van der Waals surface area contributed by atoms with E-state index in [9.17, 15) is 0 Å². The Hall–Kier alpha value is -0.120. The molecule has 17 heavy (non-hydrogen) atoms. The van der Waals surface area contributed by atoms with Crippen LogP contribution in [0, 0.1) is 0 Å². The highest BCUT2D eigenvalue weighted by Gasteiger charge is 2.30. The average Bonchev–Trinajstić information content (AvgIpc) is 2.24. The lowest BCUT2D eigenvalue weighted by atomic mass is 9.94. The molecular formula is C14H30N2O. The van der Waals surface area contributed by atoms with Crippen LogP contribution in [0.5, 0.6) is 0 Å². The van der Waals surface area contributed by atoms with E-state index in [1.165, 1.54) is 32.4 Å². The molecule has 0 aromatic carbocycles. The summed E-state index contributed by atoms with van der Waals surface area (Å²) in [5.74, 6) is 0. The van der Waals surface area contributed by atoms with Crippen LogP contribution in [0.4, 0.5) is 0 Å². The number of nitrogens with zero attached hydrogens (tertiary/aromatic N) is 1. The van der Waals surface area contributed by atoms with Gasteiger partial charge in [0, 0.05) is 19.2 Å². The number of ether oxygens (including phenoxy) is 1. The fourth-order valence-corrected chi connectivity index (χ4v) is 2.43. The van der Waals surface area contributed by atoms with Gasteiger partial charge in [0.05, 0.1) is 5.60 Å². The van der Waals surface area contributed by atoms with Crippen molar-refractivity contribution in [2.45, 2.75) is 58.1 Å². The summed E-state index contributed by atoms with van der Waals surface area (Å²) in [5.41, 5.74) is 0.318. The maximum Gasteiger partial charge on any atom is 0.0777 e. The van der Waals surface area contributed by atoms with Crippen molar-refractivity contribution in [3.8, 4) is 0 Å². The molecule has 1 aliphatic heterocycles. The molecule has 1 saturated heterocycles. The predicted octanol–water partition coefficient (Wildman–Crippen LogP) is 2.27. The predicted molar refractivity (Wildman–Crippen MR) is 73.5 cm³/mol. The Kier molecular flexibility index (Phi) is 5.42. The van der Waals surface area contributed by atoms with Gasteiger partial charge in [-0.1, -0.05) is 0 Å². The van der Waals surface area contributed by atoms with Crippen LogP contribution in [0.15, 0.2) is 0 Å². The third-order valence-electron chi connectivity index (χ3n) is 3.54. The lowest BCUT2D eigenvalue weighted by Crippen LogP contribution is -2.48. The van der Waals surface area contributed by atoms with Gasteiger partial charge in [-0.25, -0.2) is 0 Å². The van der Waals surface area contributed by atoms with E-state index in [4.69, 9.17) is 4.74 Å². The van der Waals surface area contributed by atoms with Gasteiger partial charge in [-0.05, 0) is 66.6 Å². The first-order valence-electron chi connectivity index (χ1n) is 6.87. The quantitative estimate of drug-likeness (QED) is 0.749. The van der Waals surface area contributed by atoms with E-state index in [1.807, 2.05) is 7.11 Å². The Balaban J connectivity index is 2.19. The minimum atomic E-state index is 0.0791. The molecule has 1 heterocycles. The summed E-state index contributed by atoms with van der Waals surface area (Å²) >= 11 is 0. The largest absolute Gasteiger partial charge is 0.377 e. The lowest BCUT2D eigenvalue weighted by Gasteiger charge is -2.39. The molecule has 1 atom stereocenters. The van der Waals surface area contributed by atoms with Crippen LogP contribution in [-0.4, -0.2) is 49.3 Å². The van der Waals surface area contributed by atoms with E-state index in [-0.39, 0.29) is 11.1 Å². The van der Waals surface area contributed by atoms with Crippen LogP contribution in [0.2, 0.25) is 0 Å². The zero-order valence-electron chi connectivity index (χ0n) is 12.3. The van der Waals surface area contributed by atoms with E-state index in [0.717, 1.165) is 13.1 Å². The number of rotatable bonds is 5. The molecule has 1 fully saturated rings. The van der Waals surface area contributed by atoms with Crippen molar-refractivity contribution in [1.82, 2.24) is 10.2 Å². The van der Waals surface area contributed by atoms with Gasteiger partial charge in [0.15, 0.2) is 0 Å². The molecule has 0 radical (unpaired) electrons. The van der Waals surface area contributed by atoms with Crippen molar-refractivity contribution < 1.29 is 4.74 Å². The maximum atomic E-state index is 5.61. The van der Waals surface area contributed by atoms with Crippen molar-refractivity contribution in [3.63, 3.8) is 0 Å². The summed E-state index contributed by atoms with van der Waals surface area (Å²) in [7, 11) is 1.84. The normalized spacial score (nSPS) is 27.4. The third kappa shape index (κ3) is 5.84. The molecule has 0 saturated carbocycles. The van der Waals surface area contributed by atoms with Gasteiger partial charge >= 0.3 is 0 Å². The van der Waals surface area contributed by atoms with Gasteiger partial charge < -0.3 is 15.0 Å². The van der Waals surface area contributed by atoms with Gasteiger partial charge in [0.25, 0.3) is 0 Å². The molecule has 0 amide bonds. The zero-order chi connectivity index (χ0) is 12.9. The molecule has 1 unspecified atom stereocenters. The molecule has 102 valence electrons. The summed E-state index contributed by atoms with van der Waals surface area (Å²) in [5, 5.41) is 3.54. The number of likely N-dealkylation sites (tertiary alicyclic amines) is 1. The summed E-state index contributed by atoms with van der Waals surface area (Å²) < 4.78 is 5.61. The Labute approximate surface area is 107 Å². The van der Waals surface area contributed by atoms with Crippen molar-refractivity contribution in [1.29, 1.82) is 0 Å². The minimum Gasteiger partial charge on any atom is -0.377 e. The number of nitrogens with one attached hydrogen (secondary N) is 1. The number of piperidine rings is 1. The fourth-order valence-electron chi connectivity index (χ4n) is 2.43. The van der Waals surface area contributed by atoms with Gasteiger partial charge in [0.1, 0.15) is 0 Å². The minimum absolute atomic E-state index is 0.0791. The van der Waals surface area contributed by atoms with Gasteiger partial charge in [-0.2, -0.15) is 0 Å². The van der Waals surface area contributed by atoms with Crippen LogP contribution in [-0.2, 0) is 4.74 Å². The van der Waals surface area contributed by atoms with Crippen LogP contribution in [0.25, 0.3) is 0 Å². The highest BCUT2D eigenvalue weighted by Crippen LogP contribution is 2.23. The van der Waals surface area contributed by atoms with E-state index in [0.29, 0.717) is 0 Å². The number of hydrogen-bond acceptors (Lipinski definition) is 3. The summed E-state index contributed by atoms with van der Waals surface area (Å²) in [6.45, 7) is 13.5. The van der Waals surface area contributed by atoms with E-state index in [2.05, 4.69) is 37.9 Å². The van der Waals surface area contributed by atoms with Crippen molar-refractivity contribution in [2.75, 3.05) is 33.3 Å². The lowest BCUT2D eigenvalue weighted by molar-refractivity contribution is -0.0507. The monoisotopic (exact) mass is 242 g/mol. The second-order valence-corrected chi connectivity index (χ2v) is 6.56. The molecular weight excluding hydrogens is 212 g/mol. The van der Waals surface area contributed by atoms with Crippen molar-refractivity contribution >= 4 is 0 Å². The Bertz CT molecular complexity index is 225. The van der Waals surface area contributed by atoms with E-state index in [1.54, 1.807) is 0 Å². The van der Waals surface area contributed by atoms with Crippen molar-refractivity contribution in [2.24, 2.45) is 0 Å².